The maximum atomic E-state index is 12.7. The van der Waals surface area contributed by atoms with Crippen LogP contribution >= 0.6 is 0 Å². The summed E-state index contributed by atoms with van der Waals surface area (Å²) in [6.07, 6.45) is 4.77. The zero-order valence-electron chi connectivity index (χ0n) is 13.2. The molecule has 1 saturated heterocycles. The maximum absolute atomic E-state index is 12.7. The van der Waals surface area contributed by atoms with Gasteiger partial charge in [0.05, 0.1) is 13.2 Å². The van der Waals surface area contributed by atoms with Gasteiger partial charge in [-0.15, -0.1) is 0 Å². The highest BCUT2D eigenvalue weighted by Crippen LogP contribution is 2.27. The highest BCUT2D eigenvalue weighted by Gasteiger charge is 2.35. The largest absolute Gasteiger partial charge is 0.378 e. The second-order valence-electron chi connectivity index (χ2n) is 6.20. The topological polar surface area (TPSA) is 84.7 Å². The third-order valence-corrected chi connectivity index (χ3v) is 4.68. The molecule has 0 bridgehead atoms. The van der Waals surface area contributed by atoms with Crippen molar-refractivity contribution < 1.29 is 14.3 Å². The van der Waals surface area contributed by atoms with E-state index in [1.54, 1.807) is 24.3 Å². The summed E-state index contributed by atoms with van der Waals surface area (Å²) in [6.45, 7) is 1.89. The summed E-state index contributed by atoms with van der Waals surface area (Å²) in [5.74, 6) is -0.590. The van der Waals surface area contributed by atoms with Gasteiger partial charge in [-0.3, -0.25) is 14.5 Å². The third kappa shape index (κ3) is 3.71. The Kier molecular flexibility index (Phi) is 4.93. The van der Waals surface area contributed by atoms with Crippen LogP contribution in [0.2, 0.25) is 0 Å². The molecule has 1 aromatic rings. The Morgan fingerprint density at radius 2 is 2.04 bits per heavy atom. The van der Waals surface area contributed by atoms with Crippen molar-refractivity contribution >= 4 is 17.5 Å². The van der Waals surface area contributed by atoms with Gasteiger partial charge in [-0.05, 0) is 31.0 Å². The highest BCUT2D eigenvalue weighted by molar-refractivity contribution is 5.98. The molecule has 1 aliphatic carbocycles. The number of benzene rings is 1. The molecule has 2 fully saturated rings. The van der Waals surface area contributed by atoms with Gasteiger partial charge < -0.3 is 15.8 Å². The van der Waals surface area contributed by atoms with Gasteiger partial charge in [0.2, 0.25) is 11.8 Å². The molecular formula is C17H23N3O3. The van der Waals surface area contributed by atoms with Crippen LogP contribution in [0, 0.1) is 0 Å². The van der Waals surface area contributed by atoms with Gasteiger partial charge in [0.1, 0.15) is 6.04 Å². The molecule has 1 atom stereocenters. The lowest BCUT2D eigenvalue weighted by molar-refractivity contribution is -0.129. The van der Waals surface area contributed by atoms with Gasteiger partial charge in [0, 0.05) is 23.8 Å². The minimum absolute atomic E-state index is 0.0850. The molecule has 2 aliphatic rings. The van der Waals surface area contributed by atoms with E-state index < -0.39 is 5.91 Å². The van der Waals surface area contributed by atoms with Crippen molar-refractivity contribution in [3.63, 3.8) is 0 Å². The lowest BCUT2D eigenvalue weighted by Gasteiger charge is -2.38. The number of ether oxygens (including phenoxy) is 1. The van der Waals surface area contributed by atoms with Crippen molar-refractivity contribution in [3.8, 4) is 0 Å². The zero-order valence-corrected chi connectivity index (χ0v) is 13.2. The molecule has 2 amide bonds. The van der Waals surface area contributed by atoms with Crippen LogP contribution in [-0.2, 0) is 9.53 Å². The Hall–Kier alpha value is -1.92. The number of carbonyl (C=O) groups is 2. The van der Waals surface area contributed by atoms with Gasteiger partial charge in [-0.1, -0.05) is 18.9 Å². The first-order valence-corrected chi connectivity index (χ1v) is 8.19. The molecule has 1 heterocycles. The smallest absolute Gasteiger partial charge is 0.248 e. The minimum Gasteiger partial charge on any atom is -0.378 e. The van der Waals surface area contributed by atoms with Crippen LogP contribution in [0.25, 0.3) is 0 Å². The van der Waals surface area contributed by atoms with Crippen LogP contribution in [0.4, 0.5) is 5.69 Å². The Labute approximate surface area is 136 Å². The van der Waals surface area contributed by atoms with E-state index in [0.717, 1.165) is 19.4 Å². The van der Waals surface area contributed by atoms with Crippen LogP contribution in [0.1, 0.15) is 36.0 Å². The first-order chi connectivity index (χ1) is 11.1. The fourth-order valence-electron chi connectivity index (χ4n) is 3.49. The Bertz CT molecular complexity index is 584. The highest BCUT2D eigenvalue weighted by atomic mass is 16.5. The first-order valence-electron chi connectivity index (χ1n) is 8.19. The average molecular weight is 317 g/mol. The predicted octanol–water partition coefficient (Wildman–Crippen LogP) is 1.37. The molecule has 0 aromatic heterocycles. The monoisotopic (exact) mass is 317 g/mol. The summed E-state index contributed by atoms with van der Waals surface area (Å²) in [5.41, 5.74) is 6.25. The number of nitrogens with two attached hydrogens (primary N) is 1. The lowest BCUT2D eigenvalue weighted by atomic mass is 10.1. The molecule has 0 spiro atoms. The number of anilines is 1. The standard InChI is InChI=1S/C17H23N3O3/c18-16(21)12-4-3-5-13(10-12)19-17(22)15-11-23-9-8-20(15)14-6-1-2-7-14/h3-5,10,14-15H,1-2,6-9,11H2,(H2,18,21)(H,19,22). The normalized spacial score (nSPS) is 22.9. The van der Waals surface area contributed by atoms with Crippen LogP contribution < -0.4 is 11.1 Å². The van der Waals surface area contributed by atoms with Gasteiger partial charge >= 0.3 is 0 Å². The fraction of sp³-hybridized carbons (Fsp3) is 0.529. The number of carbonyl (C=O) groups excluding carboxylic acids is 2. The molecule has 6 nitrogen and oxygen atoms in total. The Morgan fingerprint density at radius 1 is 1.26 bits per heavy atom. The lowest BCUT2D eigenvalue weighted by Crippen LogP contribution is -2.55. The number of amides is 2. The van der Waals surface area contributed by atoms with E-state index in [0.29, 0.717) is 30.5 Å². The summed E-state index contributed by atoms with van der Waals surface area (Å²) in [4.78, 5) is 26.2. The van der Waals surface area contributed by atoms with Crippen molar-refractivity contribution in [1.82, 2.24) is 4.90 Å². The summed E-state index contributed by atoms with van der Waals surface area (Å²) in [5, 5.41) is 2.89. The van der Waals surface area contributed by atoms with Gasteiger partial charge in [-0.2, -0.15) is 0 Å². The molecule has 1 aromatic carbocycles. The predicted molar refractivity (Wildman–Crippen MR) is 87.2 cm³/mol. The van der Waals surface area contributed by atoms with Crippen LogP contribution in [0.5, 0.6) is 0 Å². The van der Waals surface area contributed by atoms with Crippen molar-refractivity contribution in [2.75, 3.05) is 25.1 Å². The molecule has 1 aliphatic heterocycles. The molecule has 3 rings (SSSR count). The summed E-state index contributed by atoms with van der Waals surface area (Å²) in [6, 6.07) is 6.90. The molecule has 23 heavy (non-hydrogen) atoms. The second-order valence-corrected chi connectivity index (χ2v) is 6.20. The number of hydrogen-bond donors (Lipinski definition) is 2. The average Bonchev–Trinajstić information content (AvgIpc) is 3.09. The Morgan fingerprint density at radius 3 is 2.78 bits per heavy atom. The van der Waals surface area contributed by atoms with Gasteiger partial charge in [0.25, 0.3) is 0 Å². The number of nitrogens with zero attached hydrogens (tertiary/aromatic N) is 1. The van der Waals surface area contributed by atoms with Gasteiger partial charge in [0.15, 0.2) is 0 Å². The van der Waals surface area contributed by atoms with Crippen molar-refractivity contribution in [2.45, 2.75) is 37.8 Å². The second kappa shape index (κ2) is 7.10. The molecule has 3 N–H and O–H groups in total. The molecular weight excluding hydrogens is 294 g/mol. The van der Waals surface area contributed by atoms with Gasteiger partial charge in [-0.25, -0.2) is 0 Å². The minimum atomic E-state index is -0.505. The van der Waals surface area contributed by atoms with E-state index in [-0.39, 0.29) is 11.9 Å². The molecule has 1 unspecified atom stereocenters. The number of hydrogen-bond acceptors (Lipinski definition) is 4. The quantitative estimate of drug-likeness (QED) is 0.878. The SMILES string of the molecule is NC(=O)c1cccc(NC(=O)C2COCCN2C2CCCC2)c1. The first kappa shape index (κ1) is 16.0. The molecule has 6 heteroatoms. The van der Waals surface area contributed by atoms with E-state index in [1.807, 2.05) is 0 Å². The zero-order chi connectivity index (χ0) is 16.2. The van der Waals surface area contributed by atoms with E-state index >= 15 is 0 Å². The number of rotatable bonds is 4. The molecule has 124 valence electrons. The Balaban J connectivity index is 1.70. The fourth-order valence-corrected chi connectivity index (χ4v) is 3.49. The van der Waals surface area contributed by atoms with E-state index in [4.69, 9.17) is 10.5 Å². The summed E-state index contributed by atoms with van der Waals surface area (Å²) < 4.78 is 5.52. The van der Waals surface area contributed by atoms with Crippen molar-refractivity contribution in [3.05, 3.63) is 29.8 Å². The molecule has 1 saturated carbocycles. The number of primary amides is 1. The van der Waals surface area contributed by atoms with E-state index in [1.165, 1.54) is 12.8 Å². The number of nitrogens with one attached hydrogen (secondary N) is 1. The van der Waals surface area contributed by atoms with Crippen LogP contribution in [0.15, 0.2) is 24.3 Å². The van der Waals surface area contributed by atoms with Crippen LogP contribution in [0.3, 0.4) is 0 Å². The summed E-state index contributed by atoms with van der Waals surface area (Å²) >= 11 is 0. The van der Waals surface area contributed by atoms with E-state index in [2.05, 4.69) is 10.2 Å². The molecule has 0 radical (unpaired) electrons. The van der Waals surface area contributed by atoms with Crippen molar-refractivity contribution in [1.29, 1.82) is 0 Å². The third-order valence-electron chi connectivity index (χ3n) is 4.68. The summed E-state index contributed by atoms with van der Waals surface area (Å²) in [7, 11) is 0. The van der Waals surface area contributed by atoms with Crippen molar-refractivity contribution in [2.24, 2.45) is 5.73 Å². The maximum Gasteiger partial charge on any atom is 0.248 e. The van der Waals surface area contributed by atoms with E-state index in [9.17, 15) is 9.59 Å². The number of morpholine rings is 1. The van der Waals surface area contributed by atoms with Crippen LogP contribution in [-0.4, -0.2) is 48.6 Å².